The van der Waals surface area contributed by atoms with Crippen LogP contribution in [0.2, 0.25) is 0 Å². The van der Waals surface area contributed by atoms with E-state index in [1.54, 1.807) is 5.56 Å². The highest BCUT2D eigenvalue weighted by atomic mass is 15.1. The molecule has 10 aromatic rings. The third kappa shape index (κ3) is 6.22. The van der Waals surface area contributed by atoms with Crippen LogP contribution in [-0.2, 0) is 5.41 Å². The Bertz CT molecular complexity index is 3430. The van der Waals surface area contributed by atoms with Crippen LogP contribution in [-0.4, -0.2) is 0 Å². The fourth-order valence-electron chi connectivity index (χ4n) is 12.5. The summed E-state index contributed by atoms with van der Waals surface area (Å²) in [5.74, 6) is 1.49. The van der Waals surface area contributed by atoms with Gasteiger partial charge in [-0.1, -0.05) is 213 Å². The van der Waals surface area contributed by atoms with Crippen LogP contribution in [0.1, 0.15) is 36.8 Å². The van der Waals surface area contributed by atoms with Gasteiger partial charge >= 0.3 is 0 Å². The standard InChI is InChI=1S/C65H49N/c1-2-15-47(16-3-1)55-20-6-7-21-56(55)57-22-8-9-23-58(57)61-25-11-13-28-64(61)66(52-39-40-60-59-24-10-12-27-62(59)65(63(60)42-52)43-44-29-36-50(65)41-44)51-37-34-46(35-38-51)45-30-32-49(33-31-45)54-26-14-18-48-17-4-5-19-53(48)54/h1-28,30-35,37-40,42,44,50H,29,36,41,43H2. The zero-order valence-electron chi connectivity index (χ0n) is 36.9. The predicted molar refractivity (Wildman–Crippen MR) is 277 cm³/mol. The van der Waals surface area contributed by atoms with Gasteiger partial charge in [-0.15, -0.1) is 0 Å². The fraction of sp³-hybridized carbons (Fsp3) is 0.108. The third-order valence-electron chi connectivity index (χ3n) is 15.4. The van der Waals surface area contributed by atoms with Gasteiger partial charge in [0.2, 0.25) is 0 Å². The second-order valence-electron chi connectivity index (χ2n) is 18.8. The Hall–Kier alpha value is -7.74. The van der Waals surface area contributed by atoms with Gasteiger partial charge < -0.3 is 4.90 Å². The lowest BCUT2D eigenvalue weighted by atomic mass is 9.67. The second-order valence-corrected chi connectivity index (χ2v) is 18.8. The van der Waals surface area contributed by atoms with E-state index in [-0.39, 0.29) is 5.41 Å². The molecule has 0 amide bonds. The van der Waals surface area contributed by atoms with Gasteiger partial charge in [0.05, 0.1) is 5.69 Å². The molecule has 0 radical (unpaired) electrons. The molecule has 1 heteroatoms. The van der Waals surface area contributed by atoms with Crippen LogP contribution in [0.3, 0.4) is 0 Å². The van der Waals surface area contributed by atoms with E-state index in [1.165, 1.54) is 114 Å². The molecule has 1 spiro atoms. The van der Waals surface area contributed by atoms with Crippen LogP contribution in [0.25, 0.3) is 77.5 Å². The minimum atomic E-state index is 0.0752. The average Bonchev–Trinajstić information content (AvgIpc) is 4.09. The van der Waals surface area contributed by atoms with E-state index >= 15 is 0 Å². The Labute approximate surface area is 388 Å². The maximum Gasteiger partial charge on any atom is 0.0540 e. The van der Waals surface area contributed by atoms with Crippen LogP contribution in [0.5, 0.6) is 0 Å². The highest BCUT2D eigenvalue weighted by Gasteiger charge is 2.56. The first-order chi connectivity index (χ1) is 32.7. The Morgan fingerprint density at radius 3 is 1.62 bits per heavy atom. The first kappa shape index (κ1) is 38.7. The lowest BCUT2D eigenvalue weighted by molar-refractivity contribution is 0.327. The summed E-state index contributed by atoms with van der Waals surface area (Å²) in [7, 11) is 0. The van der Waals surface area contributed by atoms with E-state index in [1.807, 2.05) is 0 Å². The number of hydrogen-bond acceptors (Lipinski definition) is 1. The molecule has 1 nitrogen and oxygen atoms in total. The minimum Gasteiger partial charge on any atom is -0.310 e. The maximum atomic E-state index is 2.59. The highest BCUT2D eigenvalue weighted by molar-refractivity contribution is 5.99. The van der Waals surface area contributed by atoms with Gasteiger partial charge in [-0.25, -0.2) is 0 Å². The summed E-state index contributed by atoms with van der Waals surface area (Å²) in [4.78, 5) is 2.53. The molecule has 13 rings (SSSR count). The topological polar surface area (TPSA) is 3.24 Å². The number of fused-ring (bicyclic) bond motifs is 9. The van der Waals surface area contributed by atoms with Crippen molar-refractivity contribution in [3.63, 3.8) is 0 Å². The van der Waals surface area contributed by atoms with Crippen molar-refractivity contribution in [1.29, 1.82) is 0 Å². The zero-order valence-corrected chi connectivity index (χ0v) is 36.9. The van der Waals surface area contributed by atoms with Gasteiger partial charge in [0.1, 0.15) is 0 Å². The van der Waals surface area contributed by atoms with Gasteiger partial charge in [-0.05, 0) is 145 Å². The highest BCUT2D eigenvalue weighted by Crippen LogP contribution is 2.66. The SMILES string of the molecule is c1ccc(-c2ccccc2-c2ccccc2-c2ccccc2N(c2ccc(-c3ccc(-c4cccc5ccccc45)cc3)cc2)c2ccc3c(c2)C2(CC4CCC2C4)c2ccccc2-3)cc1. The lowest BCUT2D eigenvalue weighted by Crippen LogP contribution is -2.32. The van der Waals surface area contributed by atoms with Gasteiger partial charge in [-0.3, -0.25) is 0 Å². The van der Waals surface area contributed by atoms with E-state index in [0.29, 0.717) is 5.92 Å². The van der Waals surface area contributed by atoms with E-state index in [4.69, 9.17) is 0 Å². The summed E-state index contributed by atoms with van der Waals surface area (Å²) >= 11 is 0. The molecule has 3 unspecified atom stereocenters. The largest absolute Gasteiger partial charge is 0.310 e. The lowest BCUT2D eigenvalue weighted by Gasteiger charge is -2.37. The van der Waals surface area contributed by atoms with E-state index in [9.17, 15) is 0 Å². The predicted octanol–water partition coefficient (Wildman–Crippen LogP) is 17.7. The van der Waals surface area contributed by atoms with Gasteiger partial charge in [0.15, 0.2) is 0 Å². The number of rotatable bonds is 8. The third-order valence-corrected chi connectivity index (χ3v) is 15.4. The van der Waals surface area contributed by atoms with Crippen LogP contribution in [0.15, 0.2) is 237 Å². The summed E-state index contributed by atoms with van der Waals surface area (Å²) in [6.07, 6.45) is 5.29. The average molecular weight is 844 g/mol. The molecule has 0 N–H and O–H groups in total. The molecule has 3 aliphatic carbocycles. The van der Waals surface area contributed by atoms with Crippen LogP contribution < -0.4 is 4.90 Å². The van der Waals surface area contributed by atoms with Gasteiger partial charge in [0, 0.05) is 22.4 Å². The summed E-state index contributed by atoms with van der Waals surface area (Å²) < 4.78 is 0. The molecule has 0 aliphatic heterocycles. The quantitative estimate of drug-likeness (QED) is 0.147. The van der Waals surface area contributed by atoms with Crippen molar-refractivity contribution in [2.24, 2.45) is 11.8 Å². The molecule has 0 aromatic heterocycles. The molecule has 2 bridgehead atoms. The monoisotopic (exact) mass is 843 g/mol. The Morgan fingerprint density at radius 2 is 0.879 bits per heavy atom. The molecule has 10 aromatic carbocycles. The summed E-state index contributed by atoms with van der Waals surface area (Å²) in [6.45, 7) is 0. The van der Waals surface area contributed by atoms with E-state index in [2.05, 4.69) is 241 Å². The van der Waals surface area contributed by atoms with Crippen molar-refractivity contribution in [3.05, 3.63) is 248 Å². The van der Waals surface area contributed by atoms with Crippen molar-refractivity contribution < 1.29 is 0 Å². The van der Waals surface area contributed by atoms with Crippen LogP contribution in [0.4, 0.5) is 17.1 Å². The van der Waals surface area contributed by atoms with Crippen molar-refractivity contribution in [2.75, 3.05) is 4.90 Å². The first-order valence-corrected chi connectivity index (χ1v) is 23.8. The summed E-state index contributed by atoms with van der Waals surface area (Å²) in [5, 5.41) is 2.54. The summed E-state index contributed by atoms with van der Waals surface area (Å²) in [6, 6.07) is 88.0. The van der Waals surface area contributed by atoms with Crippen LogP contribution >= 0.6 is 0 Å². The molecular formula is C65H49N. The molecule has 2 saturated carbocycles. The van der Waals surface area contributed by atoms with Gasteiger partial charge in [-0.2, -0.15) is 0 Å². The fourth-order valence-corrected chi connectivity index (χ4v) is 12.5. The van der Waals surface area contributed by atoms with Crippen LogP contribution in [0, 0.1) is 11.8 Å². The normalized spacial score (nSPS) is 17.8. The summed E-state index contributed by atoms with van der Waals surface area (Å²) in [5.41, 5.74) is 21.7. The smallest absolute Gasteiger partial charge is 0.0540 e. The van der Waals surface area contributed by atoms with Crippen molar-refractivity contribution in [3.8, 4) is 66.8 Å². The van der Waals surface area contributed by atoms with E-state index < -0.39 is 0 Å². The molecule has 3 atom stereocenters. The molecule has 314 valence electrons. The number of nitrogens with zero attached hydrogens (tertiary/aromatic N) is 1. The maximum absolute atomic E-state index is 2.59. The van der Waals surface area contributed by atoms with Crippen molar-refractivity contribution in [2.45, 2.75) is 31.1 Å². The first-order valence-electron chi connectivity index (χ1n) is 23.8. The molecule has 3 aliphatic rings. The Morgan fingerprint density at radius 1 is 0.348 bits per heavy atom. The molecule has 0 saturated heterocycles. The number of para-hydroxylation sites is 1. The zero-order chi connectivity index (χ0) is 43.6. The van der Waals surface area contributed by atoms with Gasteiger partial charge in [0.25, 0.3) is 0 Å². The second kappa shape index (κ2) is 15.8. The Kier molecular flexibility index (Phi) is 9.24. The van der Waals surface area contributed by atoms with Crippen molar-refractivity contribution >= 4 is 27.8 Å². The van der Waals surface area contributed by atoms with Crippen molar-refractivity contribution in [1.82, 2.24) is 0 Å². The minimum absolute atomic E-state index is 0.0752. The molecular weight excluding hydrogens is 795 g/mol. The number of anilines is 3. The molecule has 0 heterocycles. The Balaban J connectivity index is 0.956. The molecule has 66 heavy (non-hydrogen) atoms. The van der Waals surface area contributed by atoms with E-state index in [0.717, 1.165) is 17.3 Å². The number of hydrogen-bond donors (Lipinski definition) is 0. The molecule has 2 fully saturated rings. The number of benzene rings is 10.